The summed E-state index contributed by atoms with van der Waals surface area (Å²) < 4.78 is 0. The highest BCUT2D eigenvalue weighted by Gasteiger charge is 1.72. The Morgan fingerprint density at radius 2 is 2.33 bits per heavy atom. The molecule has 0 aromatic rings. The van der Waals surface area contributed by atoms with E-state index in [-0.39, 0.29) is 5.88 Å². The maximum absolute atomic E-state index is 8.42. The van der Waals surface area contributed by atoms with Crippen molar-refractivity contribution in [3.8, 4) is 0 Å². The van der Waals surface area contributed by atoms with Gasteiger partial charge in [-0.2, -0.15) is 0 Å². The minimum absolute atomic E-state index is 0.218. The molecule has 0 aliphatic heterocycles. The molecule has 0 amide bonds. The zero-order valence-corrected chi connectivity index (χ0v) is 4.02. The highest BCUT2D eigenvalue weighted by atomic mass is 16.3. The highest BCUT2D eigenvalue weighted by Crippen LogP contribution is 1.72. The summed E-state index contributed by atoms with van der Waals surface area (Å²) in [6, 6.07) is 0. The second kappa shape index (κ2) is 2.57. The molecule has 0 aromatic heterocycles. The SMILES string of the molecule is CC=C(O)NC. The summed E-state index contributed by atoms with van der Waals surface area (Å²) in [6.07, 6.45) is 1.58. The predicted molar refractivity (Wildman–Crippen MR) is 25.4 cm³/mol. The van der Waals surface area contributed by atoms with E-state index in [0.717, 1.165) is 0 Å². The van der Waals surface area contributed by atoms with Crippen LogP contribution in [0.5, 0.6) is 0 Å². The Balaban J connectivity index is 3.22. The topological polar surface area (TPSA) is 32.3 Å². The second-order valence-electron chi connectivity index (χ2n) is 0.924. The fourth-order valence-corrected chi connectivity index (χ4v) is 0.144. The molecule has 2 nitrogen and oxygen atoms in total. The smallest absolute Gasteiger partial charge is 0.179 e. The first kappa shape index (κ1) is 5.34. The van der Waals surface area contributed by atoms with Crippen LogP contribution in [0.3, 0.4) is 0 Å². The monoisotopic (exact) mass is 87.1 g/mol. The lowest BCUT2D eigenvalue weighted by molar-refractivity contribution is 0.375. The molecule has 0 aliphatic carbocycles. The van der Waals surface area contributed by atoms with E-state index in [9.17, 15) is 0 Å². The van der Waals surface area contributed by atoms with Crippen LogP contribution in [0.1, 0.15) is 6.92 Å². The lowest BCUT2D eigenvalue weighted by Crippen LogP contribution is -2.02. The lowest BCUT2D eigenvalue weighted by atomic mass is 10.6. The van der Waals surface area contributed by atoms with Crippen LogP contribution in [0.4, 0.5) is 0 Å². The molecule has 0 radical (unpaired) electrons. The number of aliphatic hydroxyl groups is 1. The van der Waals surface area contributed by atoms with Crippen molar-refractivity contribution >= 4 is 0 Å². The van der Waals surface area contributed by atoms with E-state index in [0.29, 0.717) is 0 Å². The molecule has 0 atom stereocenters. The third-order valence-corrected chi connectivity index (χ3v) is 0.530. The molecule has 36 valence electrons. The van der Waals surface area contributed by atoms with Gasteiger partial charge in [0.1, 0.15) is 0 Å². The molecule has 0 aliphatic rings. The number of allylic oxidation sites excluding steroid dienone is 1. The molecule has 2 heteroatoms. The first-order valence-electron chi connectivity index (χ1n) is 1.84. The van der Waals surface area contributed by atoms with Crippen LogP contribution >= 0.6 is 0 Å². The van der Waals surface area contributed by atoms with Gasteiger partial charge in [0.25, 0.3) is 0 Å². The van der Waals surface area contributed by atoms with Crippen LogP contribution in [0.25, 0.3) is 0 Å². The number of rotatable bonds is 1. The number of hydrogen-bond donors (Lipinski definition) is 2. The van der Waals surface area contributed by atoms with Crippen molar-refractivity contribution in [2.45, 2.75) is 6.92 Å². The highest BCUT2D eigenvalue weighted by molar-refractivity contribution is 4.81. The molecule has 0 bridgehead atoms. The van der Waals surface area contributed by atoms with Gasteiger partial charge in [-0.3, -0.25) is 0 Å². The molecule has 6 heavy (non-hydrogen) atoms. The van der Waals surface area contributed by atoms with Gasteiger partial charge >= 0.3 is 0 Å². The quantitative estimate of drug-likeness (QED) is 0.459. The Bertz CT molecular complexity index is 58.6. The van der Waals surface area contributed by atoms with Crippen molar-refractivity contribution in [1.82, 2.24) is 5.32 Å². The molecule has 0 saturated heterocycles. The summed E-state index contributed by atoms with van der Waals surface area (Å²) in [5, 5.41) is 10.9. The maximum Gasteiger partial charge on any atom is 0.179 e. The van der Waals surface area contributed by atoms with Gasteiger partial charge < -0.3 is 10.4 Å². The Morgan fingerprint density at radius 3 is 2.33 bits per heavy atom. The number of nitrogens with one attached hydrogen (secondary N) is 1. The van der Waals surface area contributed by atoms with E-state index in [1.807, 2.05) is 0 Å². The Hall–Kier alpha value is -0.660. The van der Waals surface area contributed by atoms with E-state index >= 15 is 0 Å². The molecule has 0 saturated carbocycles. The van der Waals surface area contributed by atoms with Crippen LogP contribution in [-0.4, -0.2) is 12.2 Å². The largest absolute Gasteiger partial charge is 0.495 e. The summed E-state index contributed by atoms with van der Waals surface area (Å²) in [7, 11) is 1.66. The normalized spacial score (nSPS) is 11.3. The van der Waals surface area contributed by atoms with Crippen molar-refractivity contribution in [1.29, 1.82) is 0 Å². The summed E-state index contributed by atoms with van der Waals surface area (Å²) >= 11 is 0. The van der Waals surface area contributed by atoms with Crippen LogP contribution < -0.4 is 5.32 Å². The van der Waals surface area contributed by atoms with E-state index < -0.39 is 0 Å². The standard InChI is InChI=1S/C4H9NO/c1-3-4(6)5-2/h3,5-6H,1-2H3. The summed E-state index contributed by atoms with van der Waals surface area (Å²) in [5.74, 6) is 0.218. The summed E-state index contributed by atoms with van der Waals surface area (Å²) in [4.78, 5) is 0. The molecule has 0 aromatic carbocycles. The summed E-state index contributed by atoms with van der Waals surface area (Å²) in [5.41, 5.74) is 0. The number of aliphatic hydroxyl groups excluding tert-OH is 1. The average Bonchev–Trinajstić information content (AvgIpc) is 1.65. The first-order valence-corrected chi connectivity index (χ1v) is 1.84. The van der Waals surface area contributed by atoms with Crippen LogP contribution in [-0.2, 0) is 0 Å². The van der Waals surface area contributed by atoms with E-state index in [1.54, 1.807) is 20.0 Å². The molecule has 2 N–H and O–H groups in total. The van der Waals surface area contributed by atoms with Gasteiger partial charge in [-0.15, -0.1) is 0 Å². The van der Waals surface area contributed by atoms with E-state index in [2.05, 4.69) is 5.32 Å². The van der Waals surface area contributed by atoms with Gasteiger partial charge in [0.05, 0.1) is 0 Å². The lowest BCUT2D eigenvalue weighted by Gasteiger charge is -1.90. The van der Waals surface area contributed by atoms with Crippen molar-refractivity contribution in [3.05, 3.63) is 12.0 Å². The maximum atomic E-state index is 8.42. The molecular formula is C4H9NO. The molecule has 0 spiro atoms. The van der Waals surface area contributed by atoms with Crippen molar-refractivity contribution in [2.24, 2.45) is 0 Å². The average molecular weight is 87.1 g/mol. The van der Waals surface area contributed by atoms with Crippen LogP contribution in [0, 0.1) is 0 Å². The van der Waals surface area contributed by atoms with Crippen LogP contribution in [0.2, 0.25) is 0 Å². The Kier molecular flexibility index (Phi) is 2.29. The van der Waals surface area contributed by atoms with Crippen molar-refractivity contribution in [3.63, 3.8) is 0 Å². The zero-order valence-electron chi connectivity index (χ0n) is 4.02. The van der Waals surface area contributed by atoms with E-state index in [4.69, 9.17) is 5.11 Å². The first-order chi connectivity index (χ1) is 2.81. The van der Waals surface area contributed by atoms with Gasteiger partial charge in [0.15, 0.2) is 5.88 Å². The fourth-order valence-electron chi connectivity index (χ4n) is 0.144. The van der Waals surface area contributed by atoms with Gasteiger partial charge in [-0.05, 0) is 13.0 Å². The fraction of sp³-hybridized carbons (Fsp3) is 0.500. The molecule has 0 heterocycles. The molecular weight excluding hydrogens is 78.0 g/mol. The Labute approximate surface area is 37.5 Å². The van der Waals surface area contributed by atoms with Gasteiger partial charge in [0, 0.05) is 7.05 Å². The van der Waals surface area contributed by atoms with E-state index in [1.165, 1.54) is 0 Å². The third kappa shape index (κ3) is 1.64. The molecule has 0 rings (SSSR count). The Morgan fingerprint density at radius 1 is 1.83 bits per heavy atom. The zero-order chi connectivity index (χ0) is 4.99. The third-order valence-electron chi connectivity index (χ3n) is 0.530. The van der Waals surface area contributed by atoms with Crippen molar-refractivity contribution < 1.29 is 5.11 Å². The van der Waals surface area contributed by atoms with Crippen molar-refractivity contribution in [2.75, 3.05) is 7.05 Å². The van der Waals surface area contributed by atoms with Gasteiger partial charge in [-0.25, -0.2) is 0 Å². The molecule has 0 fully saturated rings. The number of hydrogen-bond acceptors (Lipinski definition) is 2. The van der Waals surface area contributed by atoms with Gasteiger partial charge in [-0.1, -0.05) is 0 Å². The minimum atomic E-state index is 0.218. The predicted octanol–water partition coefficient (Wildman–Crippen LogP) is 0.625. The van der Waals surface area contributed by atoms with Crippen LogP contribution in [0.15, 0.2) is 12.0 Å². The second-order valence-corrected chi connectivity index (χ2v) is 0.924. The summed E-state index contributed by atoms with van der Waals surface area (Å²) in [6.45, 7) is 1.76. The van der Waals surface area contributed by atoms with Gasteiger partial charge in [0.2, 0.25) is 0 Å². The molecule has 0 unspecified atom stereocenters. The minimum Gasteiger partial charge on any atom is -0.495 e.